The molecule has 0 aliphatic heterocycles. The van der Waals surface area contributed by atoms with E-state index in [0.717, 1.165) is 12.1 Å². The number of hydrogen-bond donors (Lipinski definition) is 3. The van der Waals surface area contributed by atoms with E-state index in [1.165, 1.54) is 6.07 Å². The fourth-order valence-electron chi connectivity index (χ4n) is 1.88. The lowest BCUT2D eigenvalue weighted by Crippen LogP contribution is -2.15. The Morgan fingerprint density at radius 2 is 1.56 bits per heavy atom. The number of phenols is 1. The maximum absolute atomic E-state index is 13.4. The van der Waals surface area contributed by atoms with Gasteiger partial charge in [0, 0.05) is 12.2 Å². The van der Waals surface area contributed by atoms with Crippen molar-refractivity contribution in [1.29, 1.82) is 0 Å². The number of carboxylic acids is 1. The van der Waals surface area contributed by atoms with Crippen molar-refractivity contribution in [2.45, 2.75) is 0 Å². The first kappa shape index (κ1) is 18.3. The van der Waals surface area contributed by atoms with Gasteiger partial charge in [-0.05, 0) is 18.2 Å². The van der Waals surface area contributed by atoms with Gasteiger partial charge in [-0.3, -0.25) is 0 Å². The molecule has 0 fully saturated rings. The molecule has 10 heteroatoms. The van der Waals surface area contributed by atoms with Crippen molar-refractivity contribution in [3.63, 3.8) is 0 Å². The van der Waals surface area contributed by atoms with Gasteiger partial charge in [0.05, 0.1) is 0 Å². The van der Waals surface area contributed by atoms with Crippen LogP contribution in [-0.2, 0) is 0 Å². The average molecular weight is 363 g/mol. The Labute approximate surface area is 137 Å². The van der Waals surface area contributed by atoms with E-state index in [1.807, 2.05) is 0 Å². The lowest BCUT2D eigenvalue weighted by atomic mass is 10.2. The number of hydrogen-bond acceptors (Lipinski definition) is 4. The second kappa shape index (κ2) is 7.24. The molecule has 2 aromatic rings. The van der Waals surface area contributed by atoms with E-state index in [0.29, 0.717) is 0 Å². The van der Waals surface area contributed by atoms with Gasteiger partial charge in [-0.15, -0.1) is 0 Å². The van der Waals surface area contributed by atoms with Crippen LogP contribution in [0.3, 0.4) is 0 Å². The van der Waals surface area contributed by atoms with Crippen molar-refractivity contribution < 1.29 is 41.7 Å². The molecular formula is C15H10F5NO4. The number of nitrogens with one attached hydrogen (secondary N) is 1. The molecule has 0 aliphatic carbocycles. The summed E-state index contributed by atoms with van der Waals surface area (Å²) in [6.45, 7) is -0.634. The van der Waals surface area contributed by atoms with E-state index in [1.54, 1.807) is 0 Å². The fraction of sp³-hybridized carbons (Fsp3) is 0.133. The zero-order valence-electron chi connectivity index (χ0n) is 12.2. The normalized spacial score (nSPS) is 10.6. The van der Waals surface area contributed by atoms with Crippen LogP contribution < -0.4 is 10.1 Å². The summed E-state index contributed by atoms with van der Waals surface area (Å²) in [5, 5.41) is 20.8. The van der Waals surface area contributed by atoms with Crippen LogP contribution in [0.1, 0.15) is 10.4 Å². The Hall–Kier alpha value is -3.04. The van der Waals surface area contributed by atoms with Crippen LogP contribution in [0, 0.1) is 29.1 Å². The number of aromatic hydroxyl groups is 1. The number of halogens is 5. The Morgan fingerprint density at radius 1 is 1.00 bits per heavy atom. The lowest BCUT2D eigenvalue weighted by molar-refractivity contribution is 0.0694. The first-order valence-corrected chi connectivity index (χ1v) is 6.68. The molecule has 0 saturated heterocycles. The van der Waals surface area contributed by atoms with Crippen LogP contribution in [-0.4, -0.2) is 29.3 Å². The minimum atomic E-state index is -2.29. The number of anilines is 1. The lowest BCUT2D eigenvalue weighted by Gasteiger charge is -2.12. The molecule has 2 aromatic carbocycles. The second-order valence-electron chi connectivity index (χ2n) is 4.71. The summed E-state index contributed by atoms with van der Waals surface area (Å²) in [5.41, 5.74) is -0.151. The molecule has 2 rings (SSSR count). The Morgan fingerprint density at radius 3 is 2.12 bits per heavy atom. The van der Waals surface area contributed by atoms with E-state index in [9.17, 15) is 31.9 Å². The van der Waals surface area contributed by atoms with Crippen LogP contribution in [0.5, 0.6) is 11.5 Å². The molecule has 25 heavy (non-hydrogen) atoms. The molecule has 0 unspecified atom stereocenters. The van der Waals surface area contributed by atoms with Crippen molar-refractivity contribution >= 4 is 11.7 Å². The molecule has 0 saturated carbocycles. The van der Waals surface area contributed by atoms with Crippen molar-refractivity contribution in [3.8, 4) is 11.5 Å². The van der Waals surface area contributed by atoms with Crippen LogP contribution in [0.2, 0.25) is 0 Å². The highest BCUT2D eigenvalue weighted by Gasteiger charge is 2.26. The zero-order valence-corrected chi connectivity index (χ0v) is 12.2. The Kier molecular flexibility index (Phi) is 5.30. The SMILES string of the molecule is O=C(O)c1cc(NCCOc2c(F)c(F)c(F)c(F)c2F)ccc1O. The molecule has 0 aliphatic rings. The summed E-state index contributed by atoms with van der Waals surface area (Å²) in [4.78, 5) is 10.9. The van der Waals surface area contributed by atoms with E-state index in [-0.39, 0.29) is 17.8 Å². The molecular weight excluding hydrogens is 353 g/mol. The van der Waals surface area contributed by atoms with Gasteiger partial charge in [-0.2, -0.15) is 8.78 Å². The molecule has 0 spiro atoms. The van der Waals surface area contributed by atoms with E-state index in [2.05, 4.69) is 10.1 Å². The van der Waals surface area contributed by atoms with Crippen LogP contribution >= 0.6 is 0 Å². The number of rotatable bonds is 6. The predicted octanol–water partition coefficient (Wildman–Crippen LogP) is 3.28. The molecule has 5 nitrogen and oxygen atoms in total. The maximum atomic E-state index is 13.4. The van der Waals surface area contributed by atoms with Gasteiger partial charge in [-0.1, -0.05) is 0 Å². The summed E-state index contributed by atoms with van der Waals surface area (Å²) >= 11 is 0. The number of aromatic carboxylic acids is 1. The zero-order chi connectivity index (χ0) is 18.7. The standard InChI is InChI=1S/C15H10F5NO4/c16-9-10(17)12(19)14(13(20)11(9)18)25-4-3-21-6-1-2-8(22)7(5-6)15(23)24/h1-2,5,21-22H,3-4H2,(H,23,24). The summed E-state index contributed by atoms with van der Waals surface area (Å²) in [6.07, 6.45) is 0. The molecule has 3 N–H and O–H groups in total. The van der Waals surface area contributed by atoms with Gasteiger partial charge in [0.15, 0.2) is 5.75 Å². The Bertz CT molecular complexity index is 799. The van der Waals surface area contributed by atoms with Gasteiger partial charge in [0.2, 0.25) is 29.1 Å². The van der Waals surface area contributed by atoms with Gasteiger partial charge in [-0.25, -0.2) is 18.0 Å². The third kappa shape index (κ3) is 3.73. The number of carbonyl (C=O) groups is 1. The molecule has 0 bridgehead atoms. The van der Waals surface area contributed by atoms with Crippen molar-refractivity contribution in [2.24, 2.45) is 0 Å². The van der Waals surface area contributed by atoms with Gasteiger partial charge in [0.25, 0.3) is 0 Å². The maximum Gasteiger partial charge on any atom is 0.339 e. The molecule has 0 aromatic heterocycles. The summed E-state index contributed by atoms with van der Waals surface area (Å²) in [6, 6.07) is 3.52. The third-order valence-electron chi connectivity index (χ3n) is 3.07. The van der Waals surface area contributed by atoms with Crippen molar-refractivity contribution in [1.82, 2.24) is 0 Å². The van der Waals surface area contributed by atoms with Gasteiger partial charge in [0.1, 0.15) is 17.9 Å². The topological polar surface area (TPSA) is 78.8 Å². The fourth-order valence-corrected chi connectivity index (χ4v) is 1.88. The smallest absolute Gasteiger partial charge is 0.339 e. The monoisotopic (exact) mass is 363 g/mol. The minimum absolute atomic E-state index is 0.149. The summed E-state index contributed by atoms with van der Waals surface area (Å²) in [7, 11) is 0. The summed E-state index contributed by atoms with van der Waals surface area (Å²) in [5.74, 6) is -13.9. The highest BCUT2D eigenvalue weighted by molar-refractivity contribution is 5.91. The van der Waals surface area contributed by atoms with Crippen LogP contribution in [0.15, 0.2) is 18.2 Å². The minimum Gasteiger partial charge on any atom is -0.507 e. The first-order valence-electron chi connectivity index (χ1n) is 6.68. The summed E-state index contributed by atoms with van der Waals surface area (Å²) < 4.78 is 70.2. The highest BCUT2D eigenvalue weighted by atomic mass is 19.2. The molecule has 134 valence electrons. The largest absolute Gasteiger partial charge is 0.507 e. The molecule has 0 atom stereocenters. The quantitative estimate of drug-likeness (QED) is 0.241. The van der Waals surface area contributed by atoms with E-state index >= 15 is 0 Å². The highest BCUT2D eigenvalue weighted by Crippen LogP contribution is 2.29. The van der Waals surface area contributed by atoms with Gasteiger partial charge < -0.3 is 20.3 Å². The van der Waals surface area contributed by atoms with Crippen molar-refractivity contribution in [2.75, 3.05) is 18.5 Å². The predicted molar refractivity (Wildman–Crippen MR) is 75.3 cm³/mol. The van der Waals surface area contributed by atoms with E-state index in [4.69, 9.17) is 5.11 Å². The van der Waals surface area contributed by atoms with Gasteiger partial charge >= 0.3 is 5.97 Å². The average Bonchev–Trinajstić information content (AvgIpc) is 2.58. The number of carboxylic acid groups (broad SMARTS) is 1. The molecule has 0 heterocycles. The first-order chi connectivity index (χ1) is 11.7. The van der Waals surface area contributed by atoms with Crippen LogP contribution in [0.25, 0.3) is 0 Å². The molecule has 0 radical (unpaired) electrons. The second-order valence-corrected chi connectivity index (χ2v) is 4.71. The van der Waals surface area contributed by atoms with Crippen LogP contribution in [0.4, 0.5) is 27.6 Å². The molecule has 0 amide bonds. The third-order valence-corrected chi connectivity index (χ3v) is 3.07. The van der Waals surface area contributed by atoms with Crippen molar-refractivity contribution in [3.05, 3.63) is 52.8 Å². The number of ether oxygens (including phenoxy) is 1. The van der Waals surface area contributed by atoms with E-state index < -0.39 is 53.2 Å². The number of benzene rings is 2. The Balaban J connectivity index is 2.03.